The number of carboxylic acids is 1. The number of carboxylic acid groups (broad SMARTS) is 1. The molecule has 1 aromatic rings. The minimum absolute atomic E-state index is 0.198. The van der Waals surface area contributed by atoms with E-state index in [2.05, 4.69) is 21.2 Å². The van der Waals surface area contributed by atoms with Gasteiger partial charge in [0.1, 0.15) is 11.4 Å². The molecule has 1 amide bonds. The Balaban J connectivity index is 3.58. The lowest BCUT2D eigenvalue weighted by Gasteiger charge is -2.19. The number of benzene rings is 1. The second-order valence-electron chi connectivity index (χ2n) is 5.24. The molecule has 1 aromatic carbocycles. The molecule has 8 nitrogen and oxygen atoms in total. The highest BCUT2D eigenvalue weighted by Crippen LogP contribution is 2.41. The van der Waals surface area contributed by atoms with Crippen molar-refractivity contribution in [3.05, 3.63) is 26.2 Å². The van der Waals surface area contributed by atoms with Crippen molar-refractivity contribution in [2.45, 2.75) is 20.8 Å². The molecule has 0 spiro atoms. The van der Waals surface area contributed by atoms with Crippen molar-refractivity contribution in [2.24, 2.45) is 5.41 Å². The van der Waals surface area contributed by atoms with E-state index in [1.54, 1.807) is 20.8 Å². The number of hydrogen-bond acceptors (Lipinski definition) is 5. The summed E-state index contributed by atoms with van der Waals surface area (Å²) in [5, 5.41) is 32.2. The van der Waals surface area contributed by atoms with Gasteiger partial charge in [0.25, 0.3) is 5.69 Å². The SMILES string of the molecule is CC(C)(C)C(=O)Nc1c(O)cc(Br)c([N+](=O)[O-])c1C(=O)O. The van der Waals surface area contributed by atoms with Crippen molar-refractivity contribution in [1.82, 2.24) is 0 Å². The minimum Gasteiger partial charge on any atom is -0.506 e. The van der Waals surface area contributed by atoms with E-state index in [1.165, 1.54) is 0 Å². The molecule has 0 saturated heterocycles. The van der Waals surface area contributed by atoms with Crippen molar-refractivity contribution in [2.75, 3.05) is 5.32 Å². The van der Waals surface area contributed by atoms with Gasteiger partial charge in [0.05, 0.1) is 9.40 Å². The number of nitrogens with one attached hydrogen (secondary N) is 1. The summed E-state index contributed by atoms with van der Waals surface area (Å²) in [6, 6.07) is 0.961. The van der Waals surface area contributed by atoms with Gasteiger partial charge in [-0.05, 0) is 15.9 Å². The van der Waals surface area contributed by atoms with Gasteiger partial charge >= 0.3 is 5.97 Å². The summed E-state index contributed by atoms with van der Waals surface area (Å²) < 4.78 is -0.198. The summed E-state index contributed by atoms with van der Waals surface area (Å²) in [6.45, 7) is 4.73. The second kappa shape index (κ2) is 5.68. The van der Waals surface area contributed by atoms with Crippen LogP contribution in [0.5, 0.6) is 5.75 Å². The molecule has 0 atom stereocenters. The number of phenols is 1. The van der Waals surface area contributed by atoms with Crippen LogP contribution in [0.2, 0.25) is 0 Å². The van der Waals surface area contributed by atoms with Gasteiger partial charge in [0.15, 0.2) is 5.56 Å². The Labute approximate surface area is 128 Å². The Hall–Kier alpha value is -2.16. The predicted octanol–water partition coefficient (Wildman–Crippen LogP) is 2.75. The summed E-state index contributed by atoms with van der Waals surface area (Å²) in [6.07, 6.45) is 0. The van der Waals surface area contributed by atoms with Crippen LogP contribution in [0.4, 0.5) is 11.4 Å². The number of aromatic carboxylic acids is 1. The van der Waals surface area contributed by atoms with E-state index in [4.69, 9.17) is 0 Å². The topological polar surface area (TPSA) is 130 Å². The Kier molecular flexibility index (Phi) is 4.57. The molecular formula is C12H13BrN2O6. The lowest BCUT2D eigenvalue weighted by Crippen LogP contribution is -2.28. The molecule has 1 rings (SSSR count). The highest BCUT2D eigenvalue weighted by atomic mass is 79.9. The number of anilines is 1. The van der Waals surface area contributed by atoms with Crippen LogP contribution >= 0.6 is 15.9 Å². The number of carbonyl (C=O) groups is 2. The van der Waals surface area contributed by atoms with Crippen LogP contribution in [0.25, 0.3) is 0 Å². The molecule has 3 N–H and O–H groups in total. The van der Waals surface area contributed by atoms with Gasteiger partial charge in [0.2, 0.25) is 5.91 Å². The quantitative estimate of drug-likeness (QED) is 0.431. The van der Waals surface area contributed by atoms with E-state index < -0.39 is 44.9 Å². The number of amides is 1. The molecular weight excluding hydrogens is 348 g/mol. The second-order valence-corrected chi connectivity index (χ2v) is 6.10. The van der Waals surface area contributed by atoms with E-state index in [0.717, 1.165) is 6.07 Å². The summed E-state index contributed by atoms with van der Waals surface area (Å²) in [4.78, 5) is 33.3. The fourth-order valence-corrected chi connectivity index (χ4v) is 2.00. The summed E-state index contributed by atoms with van der Waals surface area (Å²) >= 11 is 2.83. The van der Waals surface area contributed by atoms with E-state index in [-0.39, 0.29) is 4.47 Å². The number of halogens is 1. The lowest BCUT2D eigenvalue weighted by atomic mass is 9.95. The van der Waals surface area contributed by atoms with Crippen LogP contribution in [-0.4, -0.2) is 27.0 Å². The van der Waals surface area contributed by atoms with E-state index in [1.807, 2.05) is 0 Å². The van der Waals surface area contributed by atoms with Gasteiger partial charge in [0, 0.05) is 11.5 Å². The zero-order valence-corrected chi connectivity index (χ0v) is 13.0. The van der Waals surface area contributed by atoms with Crippen LogP contribution in [-0.2, 0) is 4.79 Å². The number of rotatable bonds is 3. The summed E-state index contributed by atoms with van der Waals surface area (Å²) in [7, 11) is 0. The molecule has 0 aliphatic rings. The first-order chi connectivity index (χ1) is 9.46. The van der Waals surface area contributed by atoms with Gasteiger partial charge in [-0.1, -0.05) is 20.8 Å². The maximum Gasteiger partial charge on any atom is 0.345 e. The Morgan fingerprint density at radius 2 is 1.90 bits per heavy atom. The molecule has 0 radical (unpaired) electrons. The first kappa shape index (κ1) is 16.9. The first-order valence-electron chi connectivity index (χ1n) is 5.71. The van der Waals surface area contributed by atoms with Gasteiger partial charge < -0.3 is 15.5 Å². The standard InChI is InChI=1S/C12H13BrN2O6/c1-12(2,3)11(19)14-8-6(16)4-5(13)9(15(20)21)7(8)10(17)18/h4,16H,1-3H3,(H,14,19)(H,17,18). The maximum absolute atomic E-state index is 11.9. The fraction of sp³-hybridized carbons (Fsp3) is 0.333. The highest BCUT2D eigenvalue weighted by Gasteiger charge is 2.32. The van der Waals surface area contributed by atoms with Crippen molar-refractivity contribution < 1.29 is 24.7 Å². The van der Waals surface area contributed by atoms with Crippen LogP contribution in [0, 0.1) is 15.5 Å². The maximum atomic E-state index is 11.9. The molecule has 0 bridgehead atoms. The monoisotopic (exact) mass is 360 g/mol. The van der Waals surface area contributed by atoms with Gasteiger partial charge in [-0.2, -0.15) is 0 Å². The molecule has 0 saturated carbocycles. The third-order valence-corrected chi connectivity index (χ3v) is 3.15. The van der Waals surface area contributed by atoms with Gasteiger partial charge in [-0.15, -0.1) is 0 Å². The smallest absolute Gasteiger partial charge is 0.345 e. The number of carbonyl (C=O) groups excluding carboxylic acids is 1. The third kappa shape index (κ3) is 3.48. The molecule has 0 fully saturated rings. The molecule has 114 valence electrons. The van der Waals surface area contributed by atoms with Gasteiger partial charge in [-0.3, -0.25) is 14.9 Å². The number of nitrogens with zero attached hydrogens (tertiary/aromatic N) is 1. The van der Waals surface area contributed by atoms with Crippen LogP contribution in [0.3, 0.4) is 0 Å². The number of nitro benzene ring substituents is 1. The van der Waals surface area contributed by atoms with Crippen molar-refractivity contribution in [3.8, 4) is 5.75 Å². The molecule has 21 heavy (non-hydrogen) atoms. The molecule has 9 heteroatoms. The summed E-state index contributed by atoms with van der Waals surface area (Å²) in [5.41, 5.74) is -2.91. The van der Waals surface area contributed by atoms with Crippen molar-refractivity contribution in [1.29, 1.82) is 0 Å². The average Bonchev–Trinajstić information content (AvgIpc) is 2.29. The summed E-state index contributed by atoms with van der Waals surface area (Å²) in [5.74, 6) is -2.80. The van der Waals surface area contributed by atoms with Crippen LogP contribution in [0.1, 0.15) is 31.1 Å². The number of nitro groups is 1. The van der Waals surface area contributed by atoms with E-state index in [0.29, 0.717) is 0 Å². The van der Waals surface area contributed by atoms with E-state index >= 15 is 0 Å². The Morgan fingerprint density at radius 3 is 2.29 bits per heavy atom. The van der Waals surface area contributed by atoms with Crippen LogP contribution in [0.15, 0.2) is 10.5 Å². The van der Waals surface area contributed by atoms with E-state index in [9.17, 15) is 29.9 Å². The normalized spacial score (nSPS) is 11.0. The minimum atomic E-state index is -1.64. The molecule has 0 unspecified atom stereocenters. The number of hydrogen-bond donors (Lipinski definition) is 3. The molecule has 0 aliphatic heterocycles. The number of phenolic OH excluding ortho intramolecular Hbond substituents is 1. The lowest BCUT2D eigenvalue weighted by molar-refractivity contribution is -0.386. The van der Waals surface area contributed by atoms with Crippen molar-refractivity contribution >= 4 is 39.2 Å². The third-order valence-electron chi connectivity index (χ3n) is 2.55. The number of aromatic hydroxyl groups is 1. The zero-order valence-electron chi connectivity index (χ0n) is 11.4. The highest BCUT2D eigenvalue weighted by molar-refractivity contribution is 9.10. The molecule has 0 aliphatic carbocycles. The predicted molar refractivity (Wildman–Crippen MR) is 77.5 cm³/mol. The first-order valence-corrected chi connectivity index (χ1v) is 6.50. The zero-order chi connectivity index (χ0) is 16.5. The Morgan fingerprint density at radius 1 is 1.38 bits per heavy atom. The molecule has 0 aromatic heterocycles. The van der Waals surface area contributed by atoms with Gasteiger partial charge in [-0.25, -0.2) is 4.79 Å². The fourth-order valence-electron chi connectivity index (χ4n) is 1.44. The molecule has 0 heterocycles. The Bertz CT molecular complexity index is 636. The van der Waals surface area contributed by atoms with Crippen molar-refractivity contribution in [3.63, 3.8) is 0 Å². The van der Waals surface area contributed by atoms with Crippen LogP contribution < -0.4 is 5.32 Å². The average molecular weight is 361 g/mol. The largest absolute Gasteiger partial charge is 0.506 e.